The lowest BCUT2D eigenvalue weighted by molar-refractivity contribution is 0.0472. The summed E-state index contributed by atoms with van der Waals surface area (Å²) in [5.41, 5.74) is 2.35. The molecule has 2 N–H and O–H groups in total. The maximum Gasteiger partial charge on any atom is 0.338 e. The minimum Gasteiger partial charge on any atom is -0.457 e. The molecule has 0 saturated heterocycles. The Morgan fingerprint density at radius 1 is 1.00 bits per heavy atom. The molecule has 2 aromatic carbocycles. The number of ether oxygens (including phenoxy) is 1. The van der Waals surface area contributed by atoms with Gasteiger partial charge >= 0.3 is 12.0 Å². The Hall–Kier alpha value is -2.47. The van der Waals surface area contributed by atoms with Gasteiger partial charge in [0.15, 0.2) is 0 Å². The number of hydrogen-bond acceptors (Lipinski definition) is 4. The molecular weight excluding hydrogens is 348 g/mol. The molecule has 2 aromatic rings. The zero-order valence-corrected chi connectivity index (χ0v) is 16.1. The minimum absolute atomic E-state index is 0.0871. The van der Waals surface area contributed by atoms with E-state index in [4.69, 9.17) is 4.74 Å². The average molecular weight is 372 g/mol. The molecular formula is C20H24N2O3S. The van der Waals surface area contributed by atoms with Crippen LogP contribution in [0.15, 0.2) is 53.4 Å². The third-order valence-electron chi connectivity index (χ3n) is 3.59. The molecule has 26 heavy (non-hydrogen) atoms. The van der Waals surface area contributed by atoms with Crippen LogP contribution in [-0.2, 0) is 17.9 Å². The molecule has 0 fully saturated rings. The number of carbonyl (C=O) groups is 2. The molecule has 5 nitrogen and oxygen atoms in total. The van der Waals surface area contributed by atoms with Crippen LogP contribution in [0.4, 0.5) is 4.79 Å². The lowest BCUT2D eigenvalue weighted by Crippen LogP contribution is -2.39. The second-order valence-corrected chi connectivity index (χ2v) is 6.98. The van der Waals surface area contributed by atoms with Gasteiger partial charge in [0.05, 0.1) is 5.56 Å². The Balaban J connectivity index is 1.82. The van der Waals surface area contributed by atoms with Crippen LogP contribution in [0.1, 0.15) is 35.3 Å². The van der Waals surface area contributed by atoms with Crippen LogP contribution in [0.5, 0.6) is 0 Å². The van der Waals surface area contributed by atoms with Crippen LogP contribution >= 0.6 is 11.8 Å². The second kappa shape index (κ2) is 9.87. The summed E-state index contributed by atoms with van der Waals surface area (Å²) in [6.07, 6.45) is 2.02. The second-order valence-electron chi connectivity index (χ2n) is 6.10. The normalized spacial score (nSPS) is 10.5. The molecule has 0 unspecified atom stereocenters. The predicted molar refractivity (Wildman–Crippen MR) is 104 cm³/mol. The summed E-state index contributed by atoms with van der Waals surface area (Å²) in [7, 11) is 0. The van der Waals surface area contributed by atoms with E-state index >= 15 is 0 Å². The molecule has 6 heteroatoms. The van der Waals surface area contributed by atoms with Crippen LogP contribution in [0, 0.1) is 0 Å². The van der Waals surface area contributed by atoms with E-state index in [1.54, 1.807) is 36.0 Å². The summed E-state index contributed by atoms with van der Waals surface area (Å²) in [6.45, 7) is 4.44. The molecule has 0 aliphatic heterocycles. The highest BCUT2D eigenvalue weighted by Gasteiger charge is 2.08. The lowest BCUT2D eigenvalue weighted by atomic mass is 10.1. The van der Waals surface area contributed by atoms with E-state index < -0.39 is 0 Å². The van der Waals surface area contributed by atoms with Gasteiger partial charge in [-0.25, -0.2) is 9.59 Å². The fourth-order valence-electron chi connectivity index (χ4n) is 2.21. The Bertz CT molecular complexity index is 728. The molecule has 0 bridgehead atoms. The maximum absolute atomic E-state index is 12.1. The third kappa shape index (κ3) is 6.44. The first kappa shape index (κ1) is 19.8. The zero-order valence-electron chi connectivity index (χ0n) is 15.2. The van der Waals surface area contributed by atoms with Crippen molar-refractivity contribution in [2.45, 2.75) is 37.9 Å². The van der Waals surface area contributed by atoms with Crippen LogP contribution in [0.25, 0.3) is 0 Å². The molecule has 0 atom stereocenters. The minimum atomic E-state index is -0.365. The van der Waals surface area contributed by atoms with E-state index in [2.05, 4.69) is 10.6 Å². The third-order valence-corrected chi connectivity index (χ3v) is 4.34. The van der Waals surface area contributed by atoms with Crippen molar-refractivity contribution in [1.29, 1.82) is 0 Å². The van der Waals surface area contributed by atoms with Crippen LogP contribution in [0.2, 0.25) is 0 Å². The van der Waals surface area contributed by atoms with Crippen LogP contribution in [-0.4, -0.2) is 24.3 Å². The molecule has 0 spiro atoms. The van der Waals surface area contributed by atoms with Crippen molar-refractivity contribution in [3.05, 3.63) is 65.2 Å². The topological polar surface area (TPSA) is 67.4 Å². The van der Waals surface area contributed by atoms with Gasteiger partial charge in [0, 0.05) is 17.5 Å². The summed E-state index contributed by atoms with van der Waals surface area (Å²) in [5, 5.41) is 5.52. The number of amides is 2. The number of urea groups is 1. The first-order chi connectivity index (χ1) is 12.5. The molecule has 0 aromatic heterocycles. The van der Waals surface area contributed by atoms with Crippen LogP contribution in [0.3, 0.4) is 0 Å². The average Bonchev–Trinajstić information content (AvgIpc) is 2.64. The van der Waals surface area contributed by atoms with Gasteiger partial charge < -0.3 is 15.4 Å². The summed E-state index contributed by atoms with van der Waals surface area (Å²) < 4.78 is 5.34. The number of esters is 1. The molecule has 2 amide bonds. The maximum atomic E-state index is 12.1. The Morgan fingerprint density at radius 3 is 2.19 bits per heavy atom. The number of benzene rings is 2. The van der Waals surface area contributed by atoms with Gasteiger partial charge in [-0.15, -0.1) is 11.8 Å². The smallest absolute Gasteiger partial charge is 0.338 e. The summed E-state index contributed by atoms with van der Waals surface area (Å²) >= 11 is 1.67. The fraction of sp³-hybridized carbons (Fsp3) is 0.300. The molecule has 0 heterocycles. The summed E-state index contributed by atoms with van der Waals surface area (Å²) in [5.74, 6) is -0.365. The van der Waals surface area contributed by atoms with E-state index in [1.807, 2.05) is 44.4 Å². The van der Waals surface area contributed by atoms with E-state index in [0.29, 0.717) is 12.1 Å². The predicted octanol–water partition coefficient (Wildman–Crippen LogP) is 3.97. The summed E-state index contributed by atoms with van der Waals surface area (Å²) in [4.78, 5) is 24.9. The van der Waals surface area contributed by atoms with Gasteiger partial charge in [-0.05, 0) is 55.5 Å². The van der Waals surface area contributed by atoms with Gasteiger partial charge in [0.25, 0.3) is 0 Å². The van der Waals surface area contributed by atoms with E-state index in [9.17, 15) is 9.59 Å². The van der Waals surface area contributed by atoms with Gasteiger partial charge in [0.1, 0.15) is 6.61 Å². The molecule has 0 saturated carbocycles. The van der Waals surface area contributed by atoms with E-state index in [1.165, 1.54) is 4.90 Å². The number of carbonyl (C=O) groups excluding carboxylic acids is 2. The zero-order chi connectivity index (χ0) is 18.9. The van der Waals surface area contributed by atoms with Crippen molar-refractivity contribution in [1.82, 2.24) is 10.6 Å². The number of rotatable bonds is 7. The van der Waals surface area contributed by atoms with Gasteiger partial charge in [-0.3, -0.25) is 0 Å². The first-order valence-electron chi connectivity index (χ1n) is 8.41. The Labute approximate surface area is 158 Å². The highest BCUT2D eigenvalue weighted by atomic mass is 32.2. The van der Waals surface area contributed by atoms with Gasteiger partial charge in [-0.2, -0.15) is 0 Å². The van der Waals surface area contributed by atoms with Gasteiger partial charge in [-0.1, -0.05) is 24.3 Å². The van der Waals surface area contributed by atoms with E-state index in [0.717, 1.165) is 11.1 Å². The van der Waals surface area contributed by atoms with Crippen LogP contribution < -0.4 is 10.6 Å². The van der Waals surface area contributed by atoms with Crippen molar-refractivity contribution in [3.8, 4) is 0 Å². The van der Waals surface area contributed by atoms with Crippen molar-refractivity contribution in [3.63, 3.8) is 0 Å². The largest absolute Gasteiger partial charge is 0.457 e. The molecule has 0 aliphatic carbocycles. The fourth-order valence-corrected chi connectivity index (χ4v) is 2.62. The van der Waals surface area contributed by atoms with E-state index in [-0.39, 0.29) is 24.6 Å². The first-order valence-corrected chi connectivity index (χ1v) is 9.63. The number of thioether (sulfide) groups is 1. The van der Waals surface area contributed by atoms with Gasteiger partial charge in [0.2, 0.25) is 0 Å². The molecule has 0 radical (unpaired) electrons. The van der Waals surface area contributed by atoms with Crippen molar-refractivity contribution in [2.75, 3.05) is 6.26 Å². The highest BCUT2D eigenvalue weighted by Crippen LogP contribution is 2.15. The molecule has 138 valence electrons. The Morgan fingerprint density at radius 2 is 1.62 bits per heavy atom. The van der Waals surface area contributed by atoms with Crippen molar-refractivity contribution < 1.29 is 14.3 Å². The Kier molecular flexibility index (Phi) is 7.53. The monoisotopic (exact) mass is 372 g/mol. The molecule has 2 rings (SSSR count). The highest BCUT2D eigenvalue weighted by molar-refractivity contribution is 7.98. The number of hydrogen-bond donors (Lipinski definition) is 2. The SMILES string of the molecule is CSc1ccc(COC(=O)c2ccc(CNC(=O)NC(C)C)cc2)cc1. The van der Waals surface area contributed by atoms with Crippen molar-refractivity contribution >= 4 is 23.8 Å². The van der Waals surface area contributed by atoms with Crippen molar-refractivity contribution in [2.24, 2.45) is 0 Å². The standard InChI is InChI=1S/C20H24N2O3S/c1-14(2)22-20(24)21-12-15-4-8-17(9-5-15)19(23)25-13-16-6-10-18(26-3)11-7-16/h4-11,14H,12-13H2,1-3H3,(H2,21,22,24). The number of nitrogens with one attached hydrogen (secondary N) is 2. The lowest BCUT2D eigenvalue weighted by Gasteiger charge is -2.10. The summed E-state index contributed by atoms with van der Waals surface area (Å²) in [6, 6.07) is 14.8. The quantitative estimate of drug-likeness (QED) is 0.570. The molecule has 0 aliphatic rings.